The second kappa shape index (κ2) is 7.31. The molecule has 0 radical (unpaired) electrons. The van der Waals surface area contributed by atoms with Gasteiger partial charge >= 0.3 is 0 Å². The highest BCUT2D eigenvalue weighted by molar-refractivity contribution is 6.36. The molecule has 0 N–H and O–H groups in total. The van der Waals surface area contributed by atoms with Crippen molar-refractivity contribution in [2.24, 2.45) is 5.92 Å². The van der Waals surface area contributed by atoms with Crippen LogP contribution in [0.3, 0.4) is 0 Å². The molecule has 0 atom stereocenters. The minimum absolute atomic E-state index is 0.0416. The molecule has 0 unspecified atom stereocenters. The average molecular weight is 383 g/mol. The molecule has 4 rings (SSSR count). The van der Waals surface area contributed by atoms with Gasteiger partial charge in [-0.15, -0.1) is 0 Å². The van der Waals surface area contributed by atoms with Gasteiger partial charge in [0.2, 0.25) is 0 Å². The fraction of sp³-hybridized carbons (Fsp3) is 0.381. The van der Waals surface area contributed by atoms with Crippen LogP contribution >= 0.6 is 11.6 Å². The van der Waals surface area contributed by atoms with Crippen LogP contribution in [0.2, 0.25) is 5.02 Å². The van der Waals surface area contributed by atoms with Gasteiger partial charge in [-0.2, -0.15) is 5.10 Å². The van der Waals surface area contributed by atoms with Gasteiger partial charge in [-0.05, 0) is 62.9 Å². The number of hydrogen-bond donors (Lipinski definition) is 0. The molecule has 140 valence electrons. The molecule has 0 spiro atoms. The van der Waals surface area contributed by atoms with Crippen molar-refractivity contribution in [2.75, 3.05) is 13.1 Å². The smallest absolute Gasteiger partial charge is 0.256 e. The molecule has 3 aromatic rings. The van der Waals surface area contributed by atoms with Crippen LogP contribution < -0.4 is 0 Å². The van der Waals surface area contributed by atoms with Gasteiger partial charge in [0.25, 0.3) is 5.91 Å². The number of nitrogens with zero attached hydrogens (tertiary/aromatic N) is 4. The van der Waals surface area contributed by atoms with E-state index in [4.69, 9.17) is 11.6 Å². The van der Waals surface area contributed by atoms with Gasteiger partial charge in [-0.1, -0.05) is 11.6 Å². The maximum atomic E-state index is 13.1. The van der Waals surface area contributed by atoms with Crippen molar-refractivity contribution in [3.8, 4) is 0 Å². The molecule has 1 fully saturated rings. The molecule has 2 aromatic heterocycles. The van der Waals surface area contributed by atoms with Gasteiger partial charge < -0.3 is 4.90 Å². The van der Waals surface area contributed by atoms with Crippen molar-refractivity contribution in [3.63, 3.8) is 0 Å². The van der Waals surface area contributed by atoms with E-state index >= 15 is 0 Å². The van der Waals surface area contributed by atoms with Crippen molar-refractivity contribution in [2.45, 2.75) is 33.2 Å². The molecule has 0 saturated carbocycles. The summed E-state index contributed by atoms with van der Waals surface area (Å²) in [6.45, 7) is 6.57. The Bertz CT molecular complexity index is 989. The first kappa shape index (κ1) is 18.0. The maximum Gasteiger partial charge on any atom is 0.256 e. The van der Waals surface area contributed by atoms with Gasteiger partial charge in [0, 0.05) is 36.9 Å². The normalized spacial score (nSPS) is 15.4. The summed E-state index contributed by atoms with van der Waals surface area (Å²) >= 11 is 6.26. The van der Waals surface area contributed by atoms with Crippen LogP contribution in [0.1, 0.15) is 34.6 Å². The fourth-order valence-electron chi connectivity index (χ4n) is 3.90. The van der Waals surface area contributed by atoms with E-state index in [0.29, 0.717) is 22.0 Å². The lowest BCUT2D eigenvalue weighted by Crippen LogP contribution is -2.39. The van der Waals surface area contributed by atoms with Crippen LogP contribution in [0.5, 0.6) is 0 Å². The average Bonchev–Trinajstić information content (AvgIpc) is 2.99. The Morgan fingerprint density at radius 2 is 2.00 bits per heavy atom. The number of carbonyl (C=O) groups excluding carboxylic acids is 1. The molecular weight excluding hydrogens is 360 g/mol. The number of hydrogen-bond acceptors (Lipinski definition) is 3. The summed E-state index contributed by atoms with van der Waals surface area (Å²) in [6.07, 6.45) is 3.68. The molecule has 5 nitrogen and oxygen atoms in total. The number of aromatic nitrogens is 3. The van der Waals surface area contributed by atoms with Crippen molar-refractivity contribution in [3.05, 3.63) is 58.5 Å². The van der Waals surface area contributed by atoms with Crippen LogP contribution in [-0.2, 0) is 6.54 Å². The number of aryl methyl sites for hydroxylation is 2. The predicted molar refractivity (Wildman–Crippen MR) is 107 cm³/mol. The molecule has 0 aliphatic carbocycles. The first-order chi connectivity index (χ1) is 13.0. The standard InChI is InChI=1S/C21H23ClN4O/c1-14-12-15(2)26(24-14)13-16-7-10-25(11-8-16)21(27)18-5-6-19(22)17-4-3-9-23-20(17)18/h3-6,9,12,16H,7-8,10-11,13H2,1-2H3. The van der Waals surface area contributed by atoms with Crippen molar-refractivity contribution < 1.29 is 4.79 Å². The van der Waals surface area contributed by atoms with Gasteiger partial charge in [-0.3, -0.25) is 14.5 Å². The molecular formula is C21H23ClN4O. The summed E-state index contributed by atoms with van der Waals surface area (Å²) in [5.74, 6) is 0.590. The number of benzene rings is 1. The fourth-order valence-corrected chi connectivity index (χ4v) is 4.12. The van der Waals surface area contributed by atoms with E-state index in [9.17, 15) is 4.79 Å². The van der Waals surface area contributed by atoms with E-state index < -0.39 is 0 Å². The Hall–Kier alpha value is -2.40. The van der Waals surface area contributed by atoms with Crippen LogP contribution in [0.15, 0.2) is 36.5 Å². The van der Waals surface area contributed by atoms with Crippen LogP contribution in [-0.4, -0.2) is 38.7 Å². The molecule has 1 aliphatic heterocycles. The Morgan fingerprint density at radius 1 is 1.22 bits per heavy atom. The van der Waals surface area contributed by atoms with Crippen LogP contribution in [0.4, 0.5) is 0 Å². The SMILES string of the molecule is Cc1cc(C)n(CC2CCN(C(=O)c3ccc(Cl)c4cccnc34)CC2)n1. The quantitative estimate of drug-likeness (QED) is 0.680. The van der Waals surface area contributed by atoms with Gasteiger partial charge in [0.05, 0.1) is 21.8 Å². The zero-order chi connectivity index (χ0) is 19.0. The Balaban J connectivity index is 1.46. The van der Waals surface area contributed by atoms with Crippen molar-refractivity contribution >= 4 is 28.4 Å². The number of fused-ring (bicyclic) bond motifs is 1. The maximum absolute atomic E-state index is 13.1. The first-order valence-electron chi connectivity index (χ1n) is 9.36. The third-order valence-corrected chi connectivity index (χ3v) is 5.71. The lowest BCUT2D eigenvalue weighted by molar-refractivity contribution is 0.0682. The molecule has 3 heterocycles. The zero-order valence-electron chi connectivity index (χ0n) is 15.7. The van der Waals surface area contributed by atoms with E-state index in [0.717, 1.165) is 43.6 Å². The zero-order valence-corrected chi connectivity index (χ0v) is 16.4. The lowest BCUT2D eigenvalue weighted by atomic mass is 9.96. The third-order valence-electron chi connectivity index (χ3n) is 5.38. The third kappa shape index (κ3) is 3.56. The highest BCUT2D eigenvalue weighted by Gasteiger charge is 2.26. The summed E-state index contributed by atoms with van der Waals surface area (Å²) in [4.78, 5) is 19.4. The Morgan fingerprint density at radius 3 is 2.70 bits per heavy atom. The summed E-state index contributed by atoms with van der Waals surface area (Å²) < 4.78 is 2.09. The number of halogens is 1. The minimum atomic E-state index is 0.0416. The number of piperidine rings is 1. The monoisotopic (exact) mass is 382 g/mol. The van der Waals surface area contributed by atoms with Crippen molar-refractivity contribution in [1.82, 2.24) is 19.7 Å². The van der Waals surface area contributed by atoms with Gasteiger partial charge in [0.15, 0.2) is 0 Å². The number of rotatable bonds is 3. The first-order valence-corrected chi connectivity index (χ1v) is 9.74. The highest BCUT2D eigenvalue weighted by Crippen LogP contribution is 2.27. The summed E-state index contributed by atoms with van der Waals surface area (Å²) in [6, 6.07) is 9.43. The van der Waals surface area contributed by atoms with E-state index in [1.807, 2.05) is 24.0 Å². The number of amides is 1. The topological polar surface area (TPSA) is 51.0 Å². The summed E-state index contributed by atoms with van der Waals surface area (Å²) in [5.41, 5.74) is 3.57. The summed E-state index contributed by atoms with van der Waals surface area (Å²) in [7, 11) is 0. The Labute approximate surface area is 164 Å². The largest absolute Gasteiger partial charge is 0.339 e. The van der Waals surface area contributed by atoms with Crippen LogP contribution in [0.25, 0.3) is 10.9 Å². The van der Waals surface area contributed by atoms with Crippen LogP contribution in [0, 0.1) is 19.8 Å². The van der Waals surface area contributed by atoms with Gasteiger partial charge in [0.1, 0.15) is 0 Å². The molecule has 1 aliphatic rings. The number of carbonyl (C=O) groups is 1. The molecule has 1 amide bonds. The van der Waals surface area contributed by atoms with E-state index in [-0.39, 0.29) is 5.91 Å². The van der Waals surface area contributed by atoms with Gasteiger partial charge in [-0.25, -0.2) is 0 Å². The van der Waals surface area contributed by atoms with Crippen molar-refractivity contribution in [1.29, 1.82) is 0 Å². The number of likely N-dealkylation sites (tertiary alicyclic amines) is 1. The highest BCUT2D eigenvalue weighted by atomic mass is 35.5. The molecule has 1 aromatic carbocycles. The van der Waals surface area contributed by atoms with E-state index in [1.54, 1.807) is 18.3 Å². The molecule has 27 heavy (non-hydrogen) atoms. The lowest BCUT2D eigenvalue weighted by Gasteiger charge is -2.32. The minimum Gasteiger partial charge on any atom is -0.339 e. The Kier molecular flexibility index (Phi) is 4.87. The molecule has 0 bridgehead atoms. The second-order valence-electron chi connectivity index (χ2n) is 7.34. The summed E-state index contributed by atoms with van der Waals surface area (Å²) in [5, 5.41) is 6.01. The van der Waals surface area contributed by atoms with E-state index in [1.165, 1.54) is 5.69 Å². The molecule has 1 saturated heterocycles. The molecule has 6 heteroatoms. The predicted octanol–water partition coefficient (Wildman–Crippen LogP) is 4.25. The second-order valence-corrected chi connectivity index (χ2v) is 7.75. The number of pyridine rings is 1. The van der Waals surface area contributed by atoms with E-state index in [2.05, 4.69) is 27.8 Å².